The Kier molecular flexibility index (Phi) is 6.49. The van der Waals surface area contributed by atoms with E-state index < -0.39 is 47.0 Å². The van der Waals surface area contributed by atoms with Crippen LogP contribution in [0.1, 0.15) is 0 Å². The highest BCUT2D eigenvalue weighted by molar-refractivity contribution is 7.50. The van der Waals surface area contributed by atoms with Crippen molar-refractivity contribution in [2.75, 3.05) is 39.8 Å². The smallest absolute Gasteiger partial charge is 0.131 e. The standard InChI is InChI=1S/C7H18O8P2/c1-16(10,11)14-5-7(3-8,4-9)6-15-17(2,12)13/h8-9H,3-6H2,1-2H3,(H,10,11)(H,12,13)/p-2. The minimum Gasteiger partial charge on any atom is -0.779 e. The molecule has 0 bridgehead atoms. The molecule has 0 saturated carbocycles. The summed E-state index contributed by atoms with van der Waals surface area (Å²) in [7, 11) is -8.06. The lowest BCUT2D eigenvalue weighted by atomic mass is 9.93. The molecule has 0 aliphatic rings. The molecular formula is C7H16O8P2-2. The van der Waals surface area contributed by atoms with Gasteiger partial charge in [0, 0.05) is 13.3 Å². The summed E-state index contributed by atoms with van der Waals surface area (Å²) in [6, 6.07) is 0. The van der Waals surface area contributed by atoms with Crippen molar-refractivity contribution < 1.29 is 38.2 Å². The van der Waals surface area contributed by atoms with Gasteiger partial charge in [0.2, 0.25) is 0 Å². The van der Waals surface area contributed by atoms with Gasteiger partial charge in [-0.25, -0.2) is 0 Å². The second kappa shape index (κ2) is 6.41. The van der Waals surface area contributed by atoms with Gasteiger partial charge in [0.05, 0.1) is 31.8 Å². The minimum absolute atomic E-state index is 0.558. The summed E-state index contributed by atoms with van der Waals surface area (Å²) in [6.07, 6.45) is 0. The maximum Gasteiger partial charge on any atom is 0.131 e. The van der Waals surface area contributed by atoms with Crippen molar-refractivity contribution in [2.24, 2.45) is 5.41 Å². The molecule has 0 fully saturated rings. The van der Waals surface area contributed by atoms with Crippen LogP contribution in [0.25, 0.3) is 0 Å². The number of hydrogen-bond acceptors (Lipinski definition) is 8. The van der Waals surface area contributed by atoms with Gasteiger partial charge in [-0.1, -0.05) is 0 Å². The molecule has 104 valence electrons. The first kappa shape index (κ1) is 17.2. The number of rotatable bonds is 8. The normalized spacial score (nSPS) is 19.6. The zero-order valence-corrected chi connectivity index (χ0v) is 11.4. The summed E-state index contributed by atoms with van der Waals surface area (Å²) in [5.74, 6) is 0. The van der Waals surface area contributed by atoms with Crippen molar-refractivity contribution in [3.63, 3.8) is 0 Å². The molecule has 10 heteroatoms. The van der Waals surface area contributed by atoms with Crippen LogP contribution in [-0.2, 0) is 18.2 Å². The summed E-state index contributed by atoms with van der Waals surface area (Å²) in [4.78, 5) is 21.6. The average Bonchev–Trinajstić information content (AvgIpc) is 2.16. The van der Waals surface area contributed by atoms with E-state index in [4.69, 9.17) is 10.2 Å². The fourth-order valence-corrected chi connectivity index (χ4v) is 1.80. The molecule has 2 atom stereocenters. The Bertz CT molecular complexity index is 286. The fraction of sp³-hybridized carbons (Fsp3) is 1.00. The van der Waals surface area contributed by atoms with Crippen LogP contribution in [0.15, 0.2) is 0 Å². The second-order valence-corrected chi connectivity index (χ2v) is 7.51. The van der Waals surface area contributed by atoms with Gasteiger partial charge in [0.25, 0.3) is 0 Å². The first-order valence-corrected chi connectivity index (χ1v) is 8.59. The van der Waals surface area contributed by atoms with E-state index in [1.54, 1.807) is 0 Å². The summed E-state index contributed by atoms with van der Waals surface area (Å²) >= 11 is 0. The van der Waals surface area contributed by atoms with Gasteiger partial charge in [0.15, 0.2) is 0 Å². The Labute approximate surface area is 99.3 Å². The molecule has 0 amide bonds. The minimum atomic E-state index is -4.03. The highest BCUT2D eigenvalue weighted by Gasteiger charge is 2.31. The highest BCUT2D eigenvalue weighted by atomic mass is 31.2. The van der Waals surface area contributed by atoms with E-state index in [1.807, 2.05) is 0 Å². The molecule has 0 aliphatic heterocycles. The Balaban J connectivity index is 4.56. The third-order valence-corrected chi connectivity index (χ3v) is 3.08. The number of hydrogen-bond donors (Lipinski definition) is 2. The lowest BCUT2D eigenvalue weighted by molar-refractivity contribution is -0.205. The molecule has 0 aliphatic carbocycles. The van der Waals surface area contributed by atoms with Crippen molar-refractivity contribution in [2.45, 2.75) is 0 Å². The lowest BCUT2D eigenvalue weighted by Gasteiger charge is -2.33. The second-order valence-electron chi connectivity index (χ2n) is 3.91. The largest absolute Gasteiger partial charge is 0.779 e. The zero-order valence-electron chi connectivity index (χ0n) is 9.57. The van der Waals surface area contributed by atoms with Gasteiger partial charge < -0.3 is 38.2 Å². The molecule has 0 rings (SSSR count). The lowest BCUT2D eigenvalue weighted by Crippen LogP contribution is -2.39. The highest BCUT2D eigenvalue weighted by Crippen LogP contribution is 2.37. The Hall–Kier alpha value is 0.220. The summed E-state index contributed by atoms with van der Waals surface area (Å²) < 4.78 is 30.5. The predicted octanol–water partition coefficient (Wildman–Crippen LogP) is -1.64. The van der Waals surface area contributed by atoms with Crippen LogP contribution in [0, 0.1) is 5.41 Å². The molecule has 17 heavy (non-hydrogen) atoms. The zero-order chi connectivity index (χ0) is 13.7. The van der Waals surface area contributed by atoms with Gasteiger partial charge in [-0.05, 0) is 0 Å². The van der Waals surface area contributed by atoms with Crippen LogP contribution in [0.4, 0.5) is 0 Å². The van der Waals surface area contributed by atoms with E-state index in [1.165, 1.54) is 0 Å². The van der Waals surface area contributed by atoms with E-state index >= 15 is 0 Å². The van der Waals surface area contributed by atoms with Gasteiger partial charge in [-0.2, -0.15) is 0 Å². The molecule has 8 nitrogen and oxygen atoms in total. The van der Waals surface area contributed by atoms with Crippen molar-refractivity contribution in [3.05, 3.63) is 0 Å². The topological polar surface area (TPSA) is 139 Å². The predicted molar refractivity (Wildman–Crippen MR) is 55.6 cm³/mol. The molecule has 0 heterocycles. The Morgan fingerprint density at radius 2 is 1.29 bits per heavy atom. The molecule has 2 N–H and O–H groups in total. The Morgan fingerprint density at radius 1 is 1.00 bits per heavy atom. The van der Waals surface area contributed by atoms with Crippen molar-refractivity contribution in [1.82, 2.24) is 0 Å². The quantitative estimate of drug-likeness (QED) is 0.507. The summed E-state index contributed by atoms with van der Waals surface area (Å²) in [5.41, 5.74) is -1.48. The molecule has 2 unspecified atom stereocenters. The molecule has 0 aromatic carbocycles. The third kappa shape index (κ3) is 8.02. The number of aliphatic hydroxyl groups is 2. The van der Waals surface area contributed by atoms with Gasteiger partial charge in [-0.3, -0.25) is 0 Å². The maximum atomic E-state index is 10.8. The first-order chi connectivity index (χ1) is 7.54. The molecular weight excluding hydrogens is 274 g/mol. The van der Waals surface area contributed by atoms with Crippen molar-refractivity contribution in [1.29, 1.82) is 0 Å². The van der Waals surface area contributed by atoms with Crippen LogP contribution in [0.2, 0.25) is 0 Å². The number of aliphatic hydroxyl groups excluding tert-OH is 2. The van der Waals surface area contributed by atoms with E-state index in [0.29, 0.717) is 0 Å². The van der Waals surface area contributed by atoms with Crippen LogP contribution in [-0.4, -0.2) is 50.0 Å². The van der Waals surface area contributed by atoms with Crippen LogP contribution < -0.4 is 9.79 Å². The Morgan fingerprint density at radius 3 is 1.47 bits per heavy atom. The van der Waals surface area contributed by atoms with Crippen molar-refractivity contribution >= 4 is 15.2 Å². The van der Waals surface area contributed by atoms with E-state index in [2.05, 4.69) is 9.05 Å². The summed E-state index contributed by atoms with van der Waals surface area (Å²) in [6.45, 7) is -0.821. The van der Waals surface area contributed by atoms with Gasteiger partial charge >= 0.3 is 0 Å². The van der Waals surface area contributed by atoms with E-state index in [-0.39, 0.29) is 0 Å². The maximum absolute atomic E-state index is 10.8. The fourth-order valence-electron chi connectivity index (χ4n) is 0.783. The van der Waals surface area contributed by atoms with Gasteiger partial charge in [-0.15, -0.1) is 0 Å². The van der Waals surface area contributed by atoms with Crippen LogP contribution in [0.5, 0.6) is 0 Å². The van der Waals surface area contributed by atoms with E-state index in [9.17, 15) is 18.9 Å². The molecule has 0 spiro atoms. The SMILES string of the molecule is CP(=O)([O-])OCC(CO)(CO)COP(C)(=O)[O-]. The molecule has 0 radical (unpaired) electrons. The average molecular weight is 290 g/mol. The monoisotopic (exact) mass is 290 g/mol. The van der Waals surface area contributed by atoms with E-state index in [0.717, 1.165) is 13.3 Å². The molecule has 0 aromatic rings. The third-order valence-electron chi connectivity index (χ3n) is 1.88. The first-order valence-electron chi connectivity index (χ1n) is 4.61. The van der Waals surface area contributed by atoms with Gasteiger partial charge in [0.1, 0.15) is 15.2 Å². The van der Waals surface area contributed by atoms with Crippen LogP contribution >= 0.6 is 15.2 Å². The molecule has 0 saturated heterocycles. The van der Waals surface area contributed by atoms with Crippen LogP contribution in [0.3, 0.4) is 0 Å². The molecule has 0 aromatic heterocycles. The van der Waals surface area contributed by atoms with Crippen molar-refractivity contribution in [3.8, 4) is 0 Å². The summed E-state index contributed by atoms with van der Waals surface area (Å²) in [5, 5.41) is 18.1.